The second-order valence-corrected chi connectivity index (χ2v) is 5.22. The van der Waals surface area contributed by atoms with Crippen molar-refractivity contribution in [2.45, 2.75) is 13.5 Å². The van der Waals surface area contributed by atoms with E-state index >= 15 is 0 Å². The van der Waals surface area contributed by atoms with Gasteiger partial charge in [0.15, 0.2) is 5.65 Å². The molecule has 8 nitrogen and oxygen atoms in total. The van der Waals surface area contributed by atoms with Gasteiger partial charge >= 0.3 is 0 Å². The van der Waals surface area contributed by atoms with E-state index in [1.165, 1.54) is 0 Å². The third-order valence-electron chi connectivity index (χ3n) is 3.60. The van der Waals surface area contributed by atoms with Crippen LogP contribution in [0.5, 0.6) is 0 Å². The molecular formula is C17H16N6O2. The maximum absolute atomic E-state index is 8.36. The zero-order chi connectivity index (χ0) is 17.6. The van der Waals surface area contributed by atoms with Gasteiger partial charge in [-0.25, -0.2) is 14.5 Å². The van der Waals surface area contributed by atoms with Crippen LogP contribution in [-0.4, -0.2) is 40.7 Å². The highest BCUT2D eigenvalue weighted by atomic mass is 16.3. The number of pyridine rings is 2. The summed E-state index contributed by atoms with van der Waals surface area (Å²) in [4.78, 5) is 21.4. The summed E-state index contributed by atoms with van der Waals surface area (Å²) in [6.45, 7) is 2.39. The maximum atomic E-state index is 8.36. The van der Waals surface area contributed by atoms with Gasteiger partial charge in [0.2, 0.25) is 0 Å². The number of rotatable bonds is 3. The zero-order valence-corrected chi connectivity index (χ0v) is 13.5. The summed E-state index contributed by atoms with van der Waals surface area (Å²) in [7, 11) is 0. The highest BCUT2D eigenvalue weighted by molar-refractivity contribution is 5.54. The van der Waals surface area contributed by atoms with Gasteiger partial charge in [0.05, 0.1) is 12.2 Å². The van der Waals surface area contributed by atoms with E-state index < -0.39 is 0 Å². The van der Waals surface area contributed by atoms with Crippen LogP contribution in [0.3, 0.4) is 0 Å². The molecule has 0 amide bonds. The summed E-state index contributed by atoms with van der Waals surface area (Å²) in [5.74, 6) is 0.893. The summed E-state index contributed by atoms with van der Waals surface area (Å²) in [5, 5.41) is 11.2. The Hall–Kier alpha value is -3.55. The molecule has 4 rings (SSSR count). The van der Waals surface area contributed by atoms with Crippen molar-refractivity contribution in [2.24, 2.45) is 0 Å². The van der Waals surface area contributed by atoms with Crippen molar-refractivity contribution in [3.8, 4) is 11.4 Å². The number of hydrogen-bond acceptors (Lipinski definition) is 5. The zero-order valence-electron chi connectivity index (χ0n) is 13.5. The number of fused-ring (bicyclic) bond motifs is 1. The van der Waals surface area contributed by atoms with Crippen LogP contribution in [0.1, 0.15) is 11.4 Å². The average molecular weight is 336 g/mol. The minimum atomic E-state index is -0.250. The Labute approximate surface area is 143 Å². The fraction of sp³-hybridized carbons (Fsp3) is 0.118. The van der Waals surface area contributed by atoms with Crippen molar-refractivity contribution in [3.05, 3.63) is 66.6 Å². The Morgan fingerprint density at radius 3 is 2.76 bits per heavy atom. The van der Waals surface area contributed by atoms with Gasteiger partial charge in [0, 0.05) is 29.8 Å². The number of carbonyl (C=O) groups is 1. The van der Waals surface area contributed by atoms with E-state index in [-0.39, 0.29) is 6.47 Å². The normalized spacial score (nSPS) is 10.3. The van der Waals surface area contributed by atoms with Crippen molar-refractivity contribution in [1.29, 1.82) is 0 Å². The SMILES string of the molecule is Cc1ccc(-c2nccn2Cc2cccc3ncnn23)cn1.O=CO. The summed E-state index contributed by atoms with van der Waals surface area (Å²) in [6, 6.07) is 10.0. The third kappa shape index (κ3) is 3.52. The molecule has 0 aliphatic rings. The van der Waals surface area contributed by atoms with Crippen LogP contribution in [0, 0.1) is 6.92 Å². The van der Waals surface area contributed by atoms with Gasteiger partial charge in [-0.3, -0.25) is 9.78 Å². The van der Waals surface area contributed by atoms with Crippen molar-refractivity contribution >= 4 is 12.1 Å². The number of nitrogens with zero attached hydrogens (tertiary/aromatic N) is 6. The number of carboxylic acid groups (broad SMARTS) is 1. The molecule has 0 fully saturated rings. The fourth-order valence-electron chi connectivity index (χ4n) is 2.49. The van der Waals surface area contributed by atoms with Gasteiger partial charge in [-0.1, -0.05) is 6.07 Å². The molecule has 126 valence electrons. The lowest BCUT2D eigenvalue weighted by Crippen LogP contribution is -2.06. The molecule has 8 heteroatoms. The molecule has 0 atom stereocenters. The van der Waals surface area contributed by atoms with Gasteiger partial charge < -0.3 is 9.67 Å². The number of aromatic nitrogens is 6. The molecule has 0 aliphatic heterocycles. The largest absolute Gasteiger partial charge is 0.483 e. The minimum absolute atomic E-state index is 0.250. The molecule has 0 saturated carbocycles. The van der Waals surface area contributed by atoms with Crippen LogP contribution >= 0.6 is 0 Å². The van der Waals surface area contributed by atoms with Crippen LogP contribution in [0.2, 0.25) is 0 Å². The van der Waals surface area contributed by atoms with Crippen LogP contribution < -0.4 is 0 Å². The van der Waals surface area contributed by atoms with E-state index in [0.717, 1.165) is 28.4 Å². The molecule has 4 heterocycles. The second kappa shape index (κ2) is 7.35. The Kier molecular flexibility index (Phi) is 4.79. The molecule has 25 heavy (non-hydrogen) atoms. The fourth-order valence-corrected chi connectivity index (χ4v) is 2.49. The number of hydrogen-bond donors (Lipinski definition) is 1. The van der Waals surface area contributed by atoms with E-state index in [2.05, 4.69) is 24.6 Å². The molecule has 0 bridgehead atoms. The van der Waals surface area contributed by atoms with Gasteiger partial charge in [-0.15, -0.1) is 0 Å². The summed E-state index contributed by atoms with van der Waals surface area (Å²) >= 11 is 0. The van der Waals surface area contributed by atoms with Gasteiger partial charge in [-0.05, 0) is 31.2 Å². The number of imidazole rings is 1. The van der Waals surface area contributed by atoms with Crippen LogP contribution in [0.4, 0.5) is 0 Å². The molecular weight excluding hydrogens is 320 g/mol. The molecule has 0 spiro atoms. The Balaban J connectivity index is 0.000000569. The predicted molar refractivity (Wildman–Crippen MR) is 91.0 cm³/mol. The van der Waals surface area contributed by atoms with E-state index in [1.54, 1.807) is 12.5 Å². The summed E-state index contributed by atoms with van der Waals surface area (Å²) in [6.07, 6.45) is 7.18. The molecule has 0 unspecified atom stereocenters. The first-order valence-electron chi connectivity index (χ1n) is 7.52. The number of aryl methyl sites for hydroxylation is 1. The van der Waals surface area contributed by atoms with E-state index in [4.69, 9.17) is 9.90 Å². The molecule has 0 aromatic carbocycles. The lowest BCUT2D eigenvalue weighted by molar-refractivity contribution is -0.122. The van der Waals surface area contributed by atoms with Gasteiger partial charge in [0.25, 0.3) is 6.47 Å². The summed E-state index contributed by atoms with van der Waals surface area (Å²) in [5.41, 5.74) is 3.89. The predicted octanol–water partition coefficient (Wildman–Crippen LogP) is 2.05. The highest BCUT2D eigenvalue weighted by Gasteiger charge is 2.09. The maximum Gasteiger partial charge on any atom is 0.290 e. The Morgan fingerprint density at radius 1 is 1.16 bits per heavy atom. The van der Waals surface area contributed by atoms with Crippen LogP contribution in [0.15, 0.2) is 55.2 Å². The summed E-state index contributed by atoms with van der Waals surface area (Å²) < 4.78 is 3.93. The van der Waals surface area contributed by atoms with Crippen LogP contribution in [-0.2, 0) is 11.3 Å². The molecule has 1 N–H and O–H groups in total. The van der Waals surface area contributed by atoms with Crippen LogP contribution in [0.25, 0.3) is 17.0 Å². The first kappa shape index (κ1) is 16.3. The first-order chi connectivity index (χ1) is 12.2. The average Bonchev–Trinajstić information content (AvgIpc) is 3.26. The van der Waals surface area contributed by atoms with E-state index in [0.29, 0.717) is 6.54 Å². The van der Waals surface area contributed by atoms with Crippen molar-refractivity contribution in [2.75, 3.05) is 0 Å². The first-order valence-corrected chi connectivity index (χ1v) is 7.52. The van der Waals surface area contributed by atoms with Gasteiger partial charge in [-0.2, -0.15) is 5.10 Å². The van der Waals surface area contributed by atoms with Gasteiger partial charge in [0.1, 0.15) is 12.2 Å². The second-order valence-electron chi connectivity index (χ2n) is 5.22. The quantitative estimate of drug-likeness (QED) is 0.575. The highest BCUT2D eigenvalue weighted by Crippen LogP contribution is 2.18. The molecule has 4 aromatic heterocycles. The lowest BCUT2D eigenvalue weighted by atomic mass is 10.2. The lowest BCUT2D eigenvalue weighted by Gasteiger charge is -2.09. The van der Waals surface area contributed by atoms with E-state index in [9.17, 15) is 0 Å². The Morgan fingerprint density at radius 2 is 2.00 bits per heavy atom. The minimum Gasteiger partial charge on any atom is -0.483 e. The Bertz CT molecular complexity index is 974. The molecule has 0 saturated heterocycles. The van der Waals surface area contributed by atoms with E-state index in [1.807, 2.05) is 54.2 Å². The smallest absolute Gasteiger partial charge is 0.290 e. The topological polar surface area (TPSA) is 98.2 Å². The third-order valence-corrected chi connectivity index (χ3v) is 3.60. The standard InChI is InChI=1S/C16H14N6.CH2O2/c1-12-5-6-13(9-18-12)16-17-7-8-21(16)10-14-3-2-4-15-19-11-20-22(14)15;2-1-3/h2-9,11H,10H2,1H3;1H,(H,2,3). The monoisotopic (exact) mass is 336 g/mol. The molecule has 0 aliphatic carbocycles. The van der Waals surface area contributed by atoms with Crippen molar-refractivity contribution < 1.29 is 9.90 Å². The van der Waals surface area contributed by atoms with Crippen molar-refractivity contribution in [1.82, 2.24) is 29.1 Å². The van der Waals surface area contributed by atoms with Crippen molar-refractivity contribution in [3.63, 3.8) is 0 Å². The molecule has 4 aromatic rings. The molecule has 0 radical (unpaired) electrons.